The quantitative estimate of drug-likeness (QED) is 0.533. The summed E-state index contributed by atoms with van der Waals surface area (Å²) < 4.78 is 13.6. The van der Waals surface area contributed by atoms with Crippen LogP contribution < -0.4 is 10.6 Å². The van der Waals surface area contributed by atoms with Crippen LogP contribution in [0, 0.1) is 0 Å². The number of nitrogens with one attached hydrogen (secondary N) is 1. The largest absolute Gasteiger partial charge is 0.355 e. The standard InChI is InChI=1S/C17H16N3O4P/c1-18-17(22)13-4-7-16-15(8-13)19-10-20(16)9-12-2-5-14(6-3-12)25(23,24)11-21/h2-8,10-11H,9H2,1H3,(H,18,22)(H,23,24). The molecule has 1 atom stereocenters. The number of hydrogen-bond donors (Lipinski definition) is 2. The second-order valence-electron chi connectivity index (χ2n) is 5.55. The molecule has 1 unspecified atom stereocenters. The van der Waals surface area contributed by atoms with Crippen LogP contribution in [-0.4, -0.2) is 33.4 Å². The molecule has 1 amide bonds. The molecule has 7 nitrogen and oxygen atoms in total. The fraction of sp³-hybridized carbons (Fsp3) is 0.118. The summed E-state index contributed by atoms with van der Waals surface area (Å²) >= 11 is 0. The Bertz CT molecular complexity index is 995. The summed E-state index contributed by atoms with van der Waals surface area (Å²) in [5.41, 5.74) is 3.01. The van der Waals surface area contributed by atoms with E-state index in [0.29, 0.717) is 17.6 Å². The van der Waals surface area contributed by atoms with Gasteiger partial charge < -0.3 is 14.8 Å². The number of nitrogens with zero attached hydrogens (tertiary/aromatic N) is 2. The zero-order valence-corrected chi connectivity index (χ0v) is 14.3. The van der Waals surface area contributed by atoms with E-state index >= 15 is 0 Å². The van der Waals surface area contributed by atoms with Crippen LogP contribution in [0.2, 0.25) is 0 Å². The number of aromatic nitrogens is 2. The average Bonchev–Trinajstić information content (AvgIpc) is 3.03. The lowest BCUT2D eigenvalue weighted by molar-refractivity contribution is 0.0963. The van der Waals surface area contributed by atoms with Gasteiger partial charge in [0.05, 0.1) is 17.4 Å². The van der Waals surface area contributed by atoms with Crippen LogP contribution in [0.5, 0.6) is 0 Å². The molecule has 0 bridgehead atoms. The van der Waals surface area contributed by atoms with Gasteiger partial charge in [0.2, 0.25) is 6.03 Å². The first kappa shape index (κ1) is 17.1. The molecule has 25 heavy (non-hydrogen) atoms. The molecule has 8 heteroatoms. The minimum Gasteiger partial charge on any atom is -0.355 e. The summed E-state index contributed by atoms with van der Waals surface area (Å²) in [6, 6.07) is 11.7. The minimum absolute atomic E-state index is 0.0788. The van der Waals surface area contributed by atoms with Crippen LogP contribution in [0.1, 0.15) is 15.9 Å². The molecule has 0 fully saturated rings. The molecule has 128 valence electrons. The lowest BCUT2D eigenvalue weighted by atomic mass is 10.2. The maximum Gasteiger partial charge on any atom is 0.290 e. The van der Waals surface area contributed by atoms with Crippen molar-refractivity contribution in [2.45, 2.75) is 6.54 Å². The van der Waals surface area contributed by atoms with E-state index in [1.807, 2.05) is 10.6 Å². The van der Waals surface area contributed by atoms with Gasteiger partial charge in [-0.15, -0.1) is 0 Å². The summed E-state index contributed by atoms with van der Waals surface area (Å²) in [4.78, 5) is 36.2. The molecule has 0 saturated carbocycles. The van der Waals surface area contributed by atoms with Gasteiger partial charge in [0, 0.05) is 24.5 Å². The first-order chi connectivity index (χ1) is 11.9. The van der Waals surface area contributed by atoms with E-state index < -0.39 is 7.37 Å². The molecular weight excluding hydrogens is 341 g/mol. The Kier molecular flexibility index (Phi) is 4.53. The van der Waals surface area contributed by atoms with Gasteiger partial charge in [0.1, 0.15) is 0 Å². The molecule has 3 rings (SSSR count). The van der Waals surface area contributed by atoms with Crippen molar-refractivity contribution in [1.29, 1.82) is 0 Å². The summed E-state index contributed by atoms with van der Waals surface area (Å²) in [6.07, 6.45) is 1.68. The molecule has 1 heterocycles. The normalized spacial score (nSPS) is 13.4. The Morgan fingerprint density at radius 3 is 2.64 bits per heavy atom. The molecule has 2 aromatic carbocycles. The van der Waals surface area contributed by atoms with Gasteiger partial charge >= 0.3 is 0 Å². The Morgan fingerprint density at radius 1 is 1.28 bits per heavy atom. The third-order valence-corrected chi connectivity index (χ3v) is 5.24. The first-order valence-corrected chi connectivity index (χ1v) is 9.23. The average molecular weight is 357 g/mol. The number of carbonyl (C=O) groups is 2. The Hall–Kier alpha value is -2.76. The molecule has 2 N–H and O–H groups in total. The van der Waals surface area contributed by atoms with Crippen LogP contribution in [0.3, 0.4) is 0 Å². The summed E-state index contributed by atoms with van der Waals surface area (Å²) in [5, 5.41) is 2.68. The van der Waals surface area contributed by atoms with Crippen molar-refractivity contribution in [1.82, 2.24) is 14.9 Å². The highest BCUT2D eigenvalue weighted by Crippen LogP contribution is 2.34. The fourth-order valence-electron chi connectivity index (χ4n) is 2.55. The van der Waals surface area contributed by atoms with Crippen LogP contribution >= 0.6 is 7.37 Å². The van der Waals surface area contributed by atoms with Crippen molar-refractivity contribution in [3.05, 3.63) is 59.9 Å². The topological polar surface area (TPSA) is 101 Å². The summed E-state index contributed by atoms with van der Waals surface area (Å²) in [5.74, 6) is -0.171. The van der Waals surface area contributed by atoms with Gasteiger partial charge in [-0.25, -0.2) is 4.98 Å². The molecule has 0 aliphatic heterocycles. The van der Waals surface area contributed by atoms with Gasteiger partial charge in [-0.2, -0.15) is 0 Å². The fourth-order valence-corrected chi connectivity index (χ4v) is 3.25. The smallest absolute Gasteiger partial charge is 0.290 e. The second kappa shape index (κ2) is 6.63. The molecule has 0 aliphatic carbocycles. The minimum atomic E-state index is -3.91. The highest BCUT2D eigenvalue weighted by Gasteiger charge is 2.19. The van der Waals surface area contributed by atoms with Crippen molar-refractivity contribution in [3.8, 4) is 0 Å². The number of carbonyl (C=O) groups excluding carboxylic acids is 2. The van der Waals surface area contributed by atoms with Crippen LogP contribution in [0.4, 0.5) is 0 Å². The number of amides is 1. The van der Waals surface area contributed by atoms with Gasteiger partial charge in [-0.1, -0.05) is 12.1 Å². The van der Waals surface area contributed by atoms with Crippen molar-refractivity contribution in [3.63, 3.8) is 0 Å². The molecule has 3 aromatic rings. The van der Waals surface area contributed by atoms with E-state index in [-0.39, 0.29) is 17.2 Å². The lowest BCUT2D eigenvalue weighted by Gasteiger charge is -2.08. The third kappa shape index (κ3) is 3.38. The third-order valence-electron chi connectivity index (χ3n) is 3.91. The van der Waals surface area contributed by atoms with E-state index in [2.05, 4.69) is 10.3 Å². The molecular formula is C17H16N3O4P. The van der Waals surface area contributed by atoms with Crippen molar-refractivity contribution >= 4 is 35.6 Å². The number of rotatable bonds is 5. The number of benzene rings is 2. The molecule has 0 aliphatic rings. The monoisotopic (exact) mass is 357 g/mol. The zero-order valence-electron chi connectivity index (χ0n) is 13.4. The van der Waals surface area contributed by atoms with Crippen LogP contribution in [0.25, 0.3) is 11.0 Å². The molecule has 0 spiro atoms. The van der Waals surface area contributed by atoms with E-state index in [4.69, 9.17) is 0 Å². The number of fused-ring (bicyclic) bond motifs is 1. The lowest BCUT2D eigenvalue weighted by Crippen LogP contribution is -2.17. The molecule has 1 aromatic heterocycles. The van der Waals surface area contributed by atoms with E-state index in [1.165, 1.54) is 12.1 Å². The van der Waals surface area contributed by atoms with Crippen molar-refractivity contribution in [2.75, 3.05) is 7.05 Å². The van der Waals surface area contributed by atoms with E-state index in [9.17, 15) is 19.0 Å². The van der Waals surface area contributed by atoms with Gasteiger partial charge in [0.25, 0.3) is 13.3 Å². The maximum atomic E-state index is 11.7. The summed E-state index contributed by atoms with van der Waals surface area (Å²) in [6.45, 7) is 0.507. The zero-order chi connectivity index (χ0) is 18.0. The first-order valence-electron chi connectivity index (χ1n) is 7.50. The predicted molar refractivity (Wildman–Crippen MR) is 94.9 cm³/mol. The maximum absolute atomic E-state index is 11.7. The number of hydrogen-bond acceptors (Lipinski definition) is 4. The van der Waals surface area contributed by atoms with Gasteiger partial charge in [-0.05, 0) is 35.9 Å². The predicted octanol–water partition coefficient (Wildman–Crippen LogP) is 1.53. The Labute approximate surface area is 143 Å². The highest BCUT2D eigenvalue weighted by atomic mass is 31.2. The molecule has 0 saturated heterocycles. The molecule has 0 radical (unpaired) electrons. The van der Waals surface area contributed by atoms with Gasteiger partial charge in [0.15, 0.2) is 0 Å². The van der Waals surface area contributed by atoms with Crippen LogP contribution in [0.15, 0.2) is 48.8 Å². The van der Waals surface area contributed by atoms with Crippen LogP contribution in [-0.2, 0) is 15.9 Å². The van der Waals surface area contributed by atoms with E-state index in [1.54, 1.807) is 37.6 Å². The van der Waals surface area contributed by atoms with Crippen molar-refractivity contribution < 1.29 is 19.0 Å². The number of imidazole rings is 1. The highest BCUT2D eigenvalue weighted by molar-refractivity contribution is 7.79. The van der Waals surface area contributed by atoms with E-state index in [0.717, 1.165) is 11.1 Å². The summed E-state index contributed by atoms with van der Waals surface area (Å²) in [7, 11) is -2.34. The SMILES string of the molecule is CNC(=O)c1ccc2c(c1)ncn2Cc1ccc(P(=O)(O)C=O)cc1. The second-order valence-corrected chi connectivity index (χ2v) is 7.52. The van der Waals surface area contributed by atoms with Gasteiger partial charge in [-0.3, -0.25) is 14.2 Å². The Morgan fingerprint density at radius 2 is 2.00 bits per heavy atom. The Balaban J connectivity index is 1.87. The van der Waals surface area contributed by atoms with Crippen molar-refractivity contribution in [2.24, 2.45) is 0 Å².